The zero-order valence-corrected chi connectivity index (χ0v) is 17.0. The molecular formula is C22H29N7. The Morgan fingerprint density at radius 3 is 2.83 bits per heavy atom. The van der Waals surface area contributed by atoms with Crippen LogP contribution in [0, 0.1) is 5.92 Å². The third-order valence-electron chi connectivity index (χ3n) is 6.67. The van der Waals surface area contributed by atoms with Crippen LogP contribution in [-0.2, 0) is 0 Å². The molecule has 29 heavy (non-hydrogen) atoms. The molecule has 3 aromatic heterocycles. The number of pyridine rings is 1. The van der Waals surface area contributed by atoms with Crippen LogP contribution in [0.3, 0.4) is 0 Å². The second kappa shape index (κ2) is 8.08. The number of fused-ring (bicyclic) bond motifs is 1. The summed E-state index contributed by atoms with van der Waals surface area (Å²) in [6.45, 7) is 3.26. The Kier molecular flexibility index (Phi) is 5.16. The summed E-state index contributed by atoms with van der Waals surface area (Å²) in [6, 6.07) is 6.84. The minimum absolute atomic E-state index is 0.554. The van der Waals surface area contributed by atoms with E-state index in [4.69, 9.17) is 0 Å². The Hall–Kier alpha value is -2.51. The third kappa shape index (κ3) is 3.84. The summed E-state index contributed by atoms with van der Waals surface area (Å²) in [7, 11) is 2.18. The second-order valence-corrected chi connectivity index (χ2v) is 8.47. The van der Waals surface area contributed by atoms with Crippen molar-refractivity contribution in [3.63, 3.8) is 0 Å². The molecule has 0 amide bonds. The summed E-state index contributed by atoms with van der Waals surface area (Å²) in [5.41, 5.74) is 5.93. The van der Waals surface area contributed by atoms with Gasteiger partial charge in [-0.15, -0.1) is 0 Å². The van der Waals surface area contributed by atoms with E-state index in [-0.39, 0.29) is 0 Å². The number of hydrazine groups is 1. The lowest BCUT2D eigenvalue weighted by atomic mass is 9.85. The first-order valence-corrected chi connectivity index (χ1v) is 10.7. The van der Waals surface area contributed by atoms with Crippen LogP contribution in [0.5, 0.6) is 0 Å². The van der Waals surface area contributed by atoms with Crippen LogP contribution in [0.15, 0.2) is 43.1 Å². The Labute approximate surface area is 171 Å². The number of aromatic nitrogens is 4. The average molecular weight is 392 g/mol. The minimum atomic E-state index is 0.554. The van der Waals surface area contributed by atoms with Gasteiger partial charge in [-0.25, -0.2) is 15.0 Å². The maximum absolute atomic E-state index is 4.55. The molecular weight excluding hydrogens is 362 g/mol. The summed E-state index contributed by atoms with van der Waals surface area (Å²) in [5, 5.41) is 3.47. The lowest BCUT2D eigenvalue weighted by Gasteiger charge is -2.41. The number of hydrogen-bond donors (Lipinski definition) is 2. The van der Waals surface area contributed by atoms with Gasteiger partial charge in [0.1, 0.15) is 17.8 Å². The maximum atomic E-state index is 4.55. The van der Waals surface area contributed by atoms with Crippen molar-refractivity contribution in [1.29, 1.82) is 0 Å². The zero-order chi connectivity index (χ0) is 19.6. The van der Waals surface area contributed by atoms with Crippen LogP contribution in [0.4, 0.5) is 5.82 Å². The number of anilines is 1. The average Bonchev–Trinajstić information content (AvgIpc) is 3.22. The molecule has 4 heterocycles. The molecule has 0 radical (unpaired) electrons. The molecule has 7 heteroatoms. The topological polar surface area (TPSA) is 73.0 Å². The van der Waals surface area contributed by atoms with Gasteiger partial charge in [0.15, 0.2) is 0 Å². The van der Waals surface area contributed by atoms with Crippen molar-refractivity contribution in [3.05, 3.63) is 48.7 Å². The van der Waals surface area contributed by atoms with Crippen LogP contribution >= 0.6 is 0 Å². The standard InChI is InChI=1S/C22H29N7/c1-28(22-20-8-10-24-21(20)25-15-26-22)19-6-4-16(5-7-19)11-27-29-13-18(14-29)17-3-2-9-23-12-17/h2-3,8-10,12,15-16,18-19,27H,4-7,11,13-14H2,1H3,(H,24,25,26). The molecule has 0 spiro atoms. The van der Waals surface area contributed by atoms with Gasteiger partial charge in [-0.3, -0.25) is 10.4 Å². The van der Waals surface area contributed by atoms with E-state index in [1.165, 1.54) is 31.2 Å². The van der Waals surface area contributed by atoms with Gasteiger partial charge in [0.25, 0.3) is 0 Å². The first kappa shape index (κ1) is 18.5. The highest BCUT2D eigenvalue weighted by Gasteiger charge is 2.30. The van der Waals surface area contributed by atoms with Crippen LogP contribution < -0.4 is 10.3 Å². The fraction of sp³-hybridized carbons (Fsp3) is 0.500. The summed E-state index contributed by atoms with van der Waals surface area (Å²) in [6.07, 6.45) is 12.4. The predicted octanol–water partition coefficient (Wildman–Crippen LogP) is 2.95. The van der Waals surface area contributed by atoms with Gasteiger partial charge in [0.05, 0.1) is 5.39 Å². The Morgan fingerprint density at radius 1 is 1.17 bits per heavy atom. The van der Waals surface area contributed by atoms with Crippen LogP contribution in [0.25, 0.3) is 11.0 Å². The van der Waals surface area contributed by atoms with Gasteiger partial charge in [0, 0.05) is 57.2 Å². The number of nitrogens with one attached hydrogen (secondary N) is 2. The van der Waals surface area contributed by atoms with Gasteiger partial charge in [-0.1, -0.05) is 6.07 Å². The molecule has 152 valence electrons. The first-order valence-electron chi connectivity index (χ1n) is 10.7. The third-order valence-corrected chi connectivity index (χ3v) is 6.67. The summed E-state index contributed by atoms with van der Waals surface area (Å²) in [4.78, 5) is 18.6. The highest BCUT2D eigenvalue weighted by atomic mass is 15.5. The smallest absolute Gasteiger partial charge is 0.142 e. The summed E-state index contributed by atoms with van der Waals surface area (Å²) >= 11 is 0. The lowest BCUT2D eigenvalue weighted by molar-refractivity contribution is 0.0706. The minimum Gasteiger partial charge on any atom is -0.356 e. The first-order chi connectivity index (χ1) is 14.3. The normalized spacial score (nSPS) is 23.2. The van der Waals surface area contributed by atoms with Gasteiger partial charge in [0.2, 0.25) is 0 Å². The summed E-state index contributed by atoms with van der Waals surface area (Å²) in [5.74, 6) is 2.42. The SMILES string of the molecule is CN(c1ncnc2[nH]ccc12)C1CCC(CNN2CC(c3cccnc3)C2)CC1. The zero-order valence-electron chi connectivity index (χ0n) is 17.0. The molecule has 1 saturated heterocycles. The molecule has 0 aromatic carbocycles. The number of nitrogens with zero attached hydrogens (tertiary/aromatic N) is 5. The number of rotatable bonds is 6. The van der Waals surface area contributed by atoms with Crippen molar-refractivity contribution in [2.45, 2.75) is 37.6 Å². The molecule has 2 aliphatic rings. The molecule has 1 aliphatic heterocycles. The fourth-order valence-electron chi connectivity index (χ4n) is 4.74. The molecule has 5 rings (SSSR count). The predicted molar refractivity (Wildman–Crippen MR) is 115 cm³/mol. The van der Waals surface area contributed by atoms with E-state index in [0.717, 1.165) is 42.4 Å². The lowest BCUT2D eigenvalue weighted by Crippen LogP contribution is -2.54. The molecule has 2 fully saturated rings. The van der Waals surface area contributed by atoms with E-state index in [1.54, 1.807) is 6.33 Å². The molecule has 0 bridgehead atoms. The van der Waals surface area contributed by atoms with Crippen molar-refractivity contribution in [1.82, 2.24) is 30.4 Å². The quantitative estimate of drug-likeness (QED) is 0.673. The van der Waals surface area contributed by atoms with E-state index >= 15 is 0 Å². The van der Waals surface area contributed by atoms with Crippen molar-refractivity contribution >= 4 is 16.9 Å². The van der Waals surface area contributed by atoms with Crippen molar-refractivity contribution < 1.29 is 0 Å². The molecule has 0 unspecified atom stereocenters. The second-order valence-electron chi connectivity index (χ2n) is 8.47. The Balaban J connectivity index is 1.08. The number of hydrogen-bond acceptors (Lipinski definition) is 6. The number of aromatic amines is 1. The molecule has 0 atom stereocenters. The Morgan fingerprint density at radius 2 is 2.03 bits per heavy atom. The van der Waals surface area contributed by atoms with Gasteiger partial charge < -0.3 is 9.88 Å². The van der Waals surface area contributed by atoms with E-state index in [1.807, 2.05) is 24.7 Å². The van der Waals surface area contributed by atoms with Crippen molar-refractivity contribution in [2.75, 3.05) is 31.6 Å². The molecule has 2 N–H and O–H groups in total. The van der Waals surface area contributed by atoms with E-state index in [2.05, 4.69) is 54.5 Å². The Bertz CT molecular complexity index is 926. The van der Waals surface area contributed by atoms with Crippen LogP contribution in [0.1, 0.15) is 37.2 Å². The molecule has 1 aliphatic carbocycles. The van der Waals surface area contributed by atoms with E-state index in [0.29, 0.717) is 12.0 Å². The van der Waals surface area contributed by atoms with Gasteiger partial charge in [-0.05, 0) is 49.3 Å². The number of H-pyrrole nitrogens is 1. The summed E-state index contributed by atoms with van der Waals surface area (Å²) < 4.78 is 0. The van der Waals surface area contributed by atoms with Crippen molar-refractivity contribution in [3.8, 4) is 0 Å². The van der Waals surface area contributed by atoms with Gasteiger partial charge in [-0.2, -0.15) is 0 Å². The van der Waals surface area contributed by atoms with E-state index < -0.39 is 0 Å². The van der Waals surface area contributed by atoms with Gasteiger partial charge >= 0.3 is 0 Å². The van der Waals surface area contributed by atoms with Crippen molar-refractivity contribution in [2.24, 2.45) is 5.92 Å². The van der Waals surface area contributed by atoms with Crippen LogP contribution in [0.2, 0.25) is 0 Å². The van der Waals surface area contributed by atoms with Crippen LogP contribution in [-0.4, -0.2) is 57.7 Å². The highest BCUT2D eigenvalue weighted by molar-refractivity contribution is 5.87. The largest absolute Gasteiger partial charge is 0.356 e. The monoisotopic (exact) mass is 391 g/mol. The molecule has 7 nitrogen and oxygen atoms in total. The maximum Gasteiger partial charge on any atom is 0.142 e. The fourth-order valence-corrected chi connectivity index (χ4v) is 4.74. The molecule has 3 aromatic rings. The highest BCUT2D eigenvalue weighted by Crippen LogP contribution is 2.31. The van der Waals surface area contributed by atoms with E-state index in [9.17, 15) is 0 Å². The molecule has 1 saturated carbocycles.